The smallest absolute Gasteiger partial charge is 0.254 e. The van der Waals surface area contributed by atoms with Crippen LogP contribution in [0.2, 0.25) is 0 Å². The molecule has 4 heteroatoms. The summed E-state index contributed by atoms with van der Waals surface area (Å²) in [6.45, 7) is 3.02. The van der Waals surface area contributed by atoms with Crippen LogP contribution in [0.3, 0.4) is 0 Å². The summed E-state index contributed by atoms with van der Waals surface area (Å²) in [6.07, 6.45) is 4.99. The minimum atomic E-state index is -0.269. The van der Waals surface area contributed by atoms with Crippen LogP contribution in [0, 0.1) is 0 Å². The van der Waals surface area contributed by atoms with Gasteiger partial charge in [-0.05, 0) is 24.6 Å². The quantitative estimate of drug-likeness (QED) is 0.614. The second-order valence-electron chi connectivity index (χ2n) is 3.85. The summed E-state index contributed by atoms with van der Waals surface area (Å²) in [5.74, 6) is -0.487. The Morgan fingerprint density at radius 2 is 2.31 bits per heavy atom. The van der Waals surface area contributed by atoms with Crippen LogP contribution in [0.5, 0.6) is 0 Å². The molecule has 0 unspecified atom stereocenters. The van der Waals surface area contributed by atoms with Crippen LogP contribution < -0.4 is 5.32 Å². The van der Waals surface area contributed by atoms with Crippen molar-refractivity contribution in [3.8, 4) is 0 Å². The summed E-state index contributed by atoms with van der Waals surface area (Å²) in [6, 6.07) is 3.88. The number of aromatic nitrogens is 1. The van der Waals surface area contributed by atoms with Crippen molar-refractivity contribution in [3.05, 3.63) is 29.6 Å². The summed E-state index contributed by atoms with van der Waals surface area (Å²) < 4.78 is 2.07. The van der Waals surface area contributed by atoms with Gasteiger partial charge in [-0.25, -0.2) is 0 Å². The maximum absolute atomic E-state index is 11.4. The average Bonchev–Trinajstić information content (AvgIpc) is 2.77. The Kier molecular flexibility index (Phi) is 2.90. The van der Waals surface area contributed by atoms with Crippen molar-refractivity contribution in [3.63, 3.8) is 0 Å². The summed E-state index contributed by atoms with van der Waals surface area (Å²) >= 11 is 0. The van der Waals surface area contributed by atoms with Crippen LogP contribution in [0.15, 0.2) is 23.9 Å². The third-order valence-electron chi connectivity index (χ3n) is 2.55. The summed E-state index contributed by atoms with van der Waals surface area (Å²) in [5, 5.41) is 2.28. The normalized spacial score (nSPS) is 18.2. The minimum absolute atomic E-state index is 0.191. The molecule has 16 heavy (non-hydrogen) atoms. The number of aryl methyl sites for hydroxylation is 1. The first-order valence-corrected chi connectivity index (χ1v) is 5.40. The summed E-state index contributed by atoms with van der Waals surface area (Å²) in [7, 11) is 0. The van der Waals surface area contributed by atoms with E-state index >= 15 is 0 Å². The first kappa shape index (κ1) is 10.7. The predicted octanol–water partition coefficient (Wildman–Crippen LogP) is 1.33. The SMILES string of the molecule is CCCn1cccc1C=C1CC(=O)NC1=O. The minimum Gasteiger partial charge on any atom is -0.348 e. The molecular formula is C12H14N2O2. The van der Waals surface area contributed by atoms with Crippen molar-refractivity contribution < 1.29 is 9.59 Å². The second-order valence-corrected chi connectivity index (χ2v) is 3.85. The Balaban J connectivity index is 2.25. The Bertz CT molecular complexity index is 457. The fourth-order valence-electron chi connectivity index (χ4n) is 1.80. The highest BCUT2D eigenvalue weighted by Crippen LogP contribution is 2.15. The zero-order valence-electron chi connectivity index (χ0n) is 9.19. The third-order valence-corrected chi connectivity index (χ3v) is 2.55. The fraction of sp³-hybridized carbons (Fsp3) is 0.333. The van der Waals surface area contributed by atoms with E-state index in [1.165, 1.54) is 0 Å². The van der Waals surface area contributed by atoms with Crippen molar-refractivity contribution in [1.29, 1.82) is 0 Å². The lowest BCUT2D eigenvalue weighted by atomic mass is 10.2. The van der Waals surface area contributed by atoms with E-state index in [4.69, 9.17) is 0 Å². The molecule has 1 saturated heterocycles. The van der Waals surface area contributed by atoms with Crippen molar-refractivity contribution in [2.45, 2.75) is 26.3 Å². The number of nitrogens with one attached hydrogen (secondary N) is 1. The third kappa shape index (κ3) is 2.05. The van der Waals surface area contributed by atoms with Crippen LogP contribution in [-0.2, 0) is 16.1 Å². The lowest BCUT2D eigenvalue weighted by Crippen LogP contribution is -2.19. The molecule has 0 bridgehead atoms. The van der Waals surface area contributed by atoms with Gasteiger partial charge in [0.15, 0.2) is 0 Å². The lowest BCUT2D eigenvalue weighted by molar-refractivity contribution is -0.124. The average molecular weight is 218 g/mol. The van der Waals surface area contributed by atoms with Crippen LogP contribution in [0.1, 0.15) is 25.5 Å². The van der Waals surface area contributed by atoms with E-state index in [0.717, 1.165) is 18.7 Å². The molecule has 0 saturated carbocycles. The summed E-state index contributed by atoms with van der Waals surface area (Å²) in [5.41, 5.74) is 1.52. The molecule has 0 atom stereocenters. The van der Waals surface area contributed by atoms with E-state index in [9.17, 15) is 9.59 Å². The molecule has 0 radical (unpaired) electrons. The topological polar surface area (TPSA) is 51.1 Å². The number of hydrogen-bond donors (Lipinski definition) is 1. The van der Waals surface area contributed by atoms with Gasteiger partial charge in [-0.15, -0.1) is 0 Å². The maximum Gasteiger partial charge on any atom is 0.254 e. The molecule has 1 aromatic rings. The molecule has 2 heterocycles. The van der Waals surface area contributed by atoms with Gasteiger partial charge in [0.1, 0.15) is 0 Å². The first-order valence-electron chi connectivity index (χ1n) is 5.40. The Labute approximate surface area is 93.9 Å². The zero-order chi connectivity index (χ0) is 11.5. The molecule has 84 valence electrons. The monoisotopic (exact) mass is 218 g/mol. The summed E-state index contributed by atoms with van der Waals surface area (Å²) in [4.78, 5) is 22.4. The highest BCUT2D eigenvalue weighted by atomic mass is 16.2. The van der Waals surface area contributed by atoms with Gasteiger partial charge >= 0.3 is 0 Å². The van der Waals surface area contributed by atoms with Gasteiger partial charge in [-0.3, -0.25) is 14.9 Å². The van der Waals surface area contributed by atoms with Gasteiger partial charge in [0.05, 0.1) is 6.42 Å². The van der Waals surface area contributed by atoms with Crippen LogP contribution in [0.25, 0.3) is 6.08 Å². The molecule has 1 N–H and O–H groups in total. The largest absolute Gasteiger partial charge is 0.348 e. The Morgan fingerprint density at radius 1 is 1.50 bits per heavy atom. The van der Waals surface area contributed by atoms with Crippen LogP contribution in [0.4, 0.5) is 0 Å². The second kappa shape index (κ2) is 4.35. The molecule has 1 aliphatic heterocycles. The molecule has 1 aliphatic rings. The molecule has 0 aliphatic carbocycles. The number of carbonyl (C=O) groups excluding carboxylic acids is 2. The van der Waals surface area contributed by atoms with Gasteiger partial charge in [0, 0.05) is 24.0 Å². The van der Waals surface area contributed by atoms with E-state index < -0.39 is 0 Å². The zero-order valence-corrected chi connectivity index (χ0v) is 9.19. The molecule has 4 nitrogen and oxygen atoms in total. The molecule has 1 fully saturated rings. The van der Waals surface area contributed by atoms with Gasteiger partial charge in [-0.2, -0.15) is 0 Å². The highest BCUT2D eigenvalue weighted by molar-refractivity contribution is 6.15. The van der Waals surface area contributed by atoms with E-state index in [0.29, 0.717) is 5.57 Å². The first-order chi connectivity index (χ1) is 7.70. The molecule has 0 aromatic carbocycles. The number of hydrogen-bond acceptors (Lipinski definition) is 2. The van der Waals surface area contributed by atoms with Crippen molar-refractivity contribution in [1.82, 2.24) is 9.88 Å². The molecule has 0 spiro atoms. The molecule has 2 rings (SSSR count). The molecule has 2 amide bonds. The van der Waals surface area contributed by atoms with Gasteiger partial charge in [0.25, 0.3) is 5.91 Å². The van der Waals surface area contributed by atoms with Crippen LogP contribution in [-0.4, -0.2) is 16.4 Å². The lowest BCUT2D eigenvalue weighted by Gasteiger charge is -2.03. The molecule has 1 aromatic heterocycles. The number of rotatable bonds is 3. The van der Waals surface area contributed by atoms with E-state index in [-0.39, 0.29) is 18.2 Å². The van der Waals surface area contributed by atoms with E-state index in [2.05, 4.69) is 16.8 Å². The maximum atomic E-state index is 11.4. The Hall–Kier alpha value is -1.84. The Morgan fingerprint density at radius 3 is 2.94 bits per heavy atom. The van der Waals surface area contributed by atoms with E-state index in [1.54, 1.807) is 6.08 Å². The van der Waals surface area contributed by atoms with Crippen molar-refractivity contribution in [2.24, 2.45) is 0 Å². The standard InChI is InChI=1S/C12H14N2O2/c1-2-5-14-6-3-4-10(14)7-9-8-11(15)13-12(9)16/h3-4,6-7H,2,5,8H2,1H3,(H,13,15,16). The van der Waals surface area contributed by atoms with E-state index in [1.807, 2.05) is 18.3 Å². The van der Waals surface area contributed by atoms with Crippen LogP contribution >= 0.6 is 0 Å². The number of amides is 2. The number of carbonyl (C=O) groups is 2. The highest BCUT2D eigenvalue weighted by Gasteiger charge is 2.23. The van der Waals surface area contributed by atoms with Gasteiger partial charge < -0.3 is 4.57 Å². The number of nitrogens with zero attached hydrogens (tertiary/aromatic N) is 1. The fourth-order valence-corrected chi connectivity index (χ4v) is 1.80. The number of imide groups is 1. The van der Waals surface area contributed by atoms with Crippen molar-refractivity contribution in [2.75, 3.05) is 0 Å². The van der Waals surface area contributed by atoms with Gasteiger partial charge in [-0.1, -0.05) is 6.92 Å². The predicted molar refractivity (Wildman–Crippen MR) is 60.5 cm³/mol. The van der Waals surface area contributed by atoms with Crippen molar-refractivity contribution >= 4 is 17.9 Å². The van der Waals surface area contributed by atoms with Gasteiger partial charge in [0.2, 0.25) is 5.91 Å². The molecular weight excluding hydrogens is 204 g/mol.